The summed E-state index contributed by atoms with van der Waals surface area (Å²) in [5.41, 5.74) is 7.37. The van der Waals surface area contributed by atoms with Crippen molar-refractivity contribution in [2.24, 2.45) is 11.6 Å². The van der Waals surface area contributed by atoms with Crippen molar-refractivity contribution in [1.82, 2.24) is 4.98 Å². The van der Waals surface area contributed by atoms with Gasteiger partial charge in [-0.2, -0.15) is 0 Å². The Kier molecular flexibility index (Phi) is 5.27. The third-order valence-electron chi connectivity index (χ3n) is 1.96. The molecule has 0 bridgehead atoms. The Hall–Kier alpha value is -1.24. The molecule has 0 unspecified atom stereocenters. The van der Waals surface area contributed by atoms with E-state index in [2.05, 4.69) is 15.7 Å². The zero-order valence-electron chi connectivity index (χ0n) is 8.96. The highest BCUT2D eigenvalue weighted by molar-refractivity contribution is 6.37. The second-order valence-electron chi connectivity index (χ2n) is 3.29. The fourth-order valence-corrected chi connectivity index (χ4v) is 1.64. The second-order valence-corrected chi connectivity index (χ2v) is 4.10. The predicted octanol–water partition coefficient (Wildman–Crippen LogP) is 1.35. The Morgan fingerprint density at radius 3 is 2.59 bits per heavy atom. The van der Waals surface area contributed by atoms with Gasteiger partial charge in [-0.05, 0) is 12.5 Å². The van der Waals surface area contributed by atoms with Gasteiger partial charge in [0.25, 0.3) is 0 Å². The Morgan fingerprint density at radius 1 is 1.35 bits per heavy atom. The van der Waals surface area contributed by atoms with Crippen LogP contribution in [0.2, 0.25) is 10.0 Å². The van der Waals surface area contributed by atoms with Crippen molar-refractivity contribution in [3.05, 3.63) is 16.1 Å². The molecule has 0 fully saturated rings. The van der Waals surface area contributed by atoms with E-state index in [0.29, 0.717) is 41.1 Å². The van der Waals surface area contributed by atoms with Crippen molar-refractivity contribution in [2.75, 3.05) is 17.3 Å². The van der Waals surface area contributed by atoms with Gasteiger partial charge in [-0.25, -0.2) is 10.8 Å². The fraction of sp³-hybridized carbons (Fsp3) is 0.333. The van der Waals surface area contributed by atoms with E-state index in [0.717, 1.165) is 0 Å². The number of halogens is 2. The van der Waals surface area contributed by atoms with Gasteiger partial charge < -0.3 is 16.5 Å². The minimum absolute atomic E-state index is 0.306. The van der Waals surface area contributed by atoms with E-state index in [-0.39, 0.29) is 5.91 Å². The number of pyridine rings is 1. The van der Waals surface area contributed by atoms with Gasteiger partial charge in [0.2, 0.25) is 5.91 Å². The number of amides is 1. The topological polar surface area (TPSA) is 106 Å². The molecule has 0 saturated carbocycles. The summed E-state index contributed by atoms with van der Waals surface area (Å²) in [5, 5.41) is 3.68. The zero-order chi connectivity index (χ0) is 12.8. The summed E-state index contributed by atoms with van der Waals surface area (Å²) >= 11 is 11.8. The molecular weight excluding hydrogens is 265 g/mol. The highest BCUT2D eigenvalue weighted by Gasteiger charge is 2.08. The second kappa shape index (κ2) is 6.48. The van der Waals surface area contributed by atoms with Crippen LogP contribution in [-0.2, 0) is 4.79 Å². The van der Waals surface area contributed by atoms with Crippen LogP contribution in [0.3, 0.4) is 0 Å². The van der Waals surface area contributed by atoms with Crippen LogP contribution in [0.25, 0.3) is 0 Å². The van der Waals surface area contributed by atoms with Crippen LogP contribution in [0, 0.1) is 0 Å². The maximum atomic E-state index is 10.5. The number of hydrazine groups is 1. The monoisotopic (exact) mass is 277 g/mol. The molecule has 0 atom stereocenters. The van der Waals surface area contributed by atoms with E-state index in [4.69, 9.17) is 34.8 Å². The normalized spacial score (nSPS) is 10.1. The average molecular weight is 278 g/mol. The van der Waals surface area contributed by atoms with E-state index in [1.54, 1.807) is 0 Å². The lowest BCUT2D eigenvalue weighted by molar-refractivity contribution is -0.118. The molecule has 8 heteroatoms. The van der Waals surface area contributed by atoms with Crippen molar-refractivity contribution in [3.63, 3.8) is 0 Å². The van der Waals surface area contributed by atoms with Crippen LogP contribution in [0.15, 0.2) is 6.07 Å². The third-order valence-corrected chi connectivity index (χ3v) is 2.53. The summed E-state index contributed by atoms with van der Waals surface area (Å²) in [6.07, 6.45) is 0.904. The number of aromatic nitrogens is 1. The molecule has 6 N–H and O–H groups in total. The van der Waals surface area contributed by atoms with Crippen molar-refractivity contribution in [2.45, 2.75) is 12.8 Å². The summed E-state index contributed by atoms with van der Waals surface area (Å²) in [7, 11) is 0. The number of nitrogen functional groups attached to an aromatic ring is 1. The van der Waals surface area contributed by atoms with Crippen molar-refractivity contribution < 1.29 is 4.79 Å². The summed E-state index contributed by atoms with van der Waals surface area (Å²) in [5.74, 6) is 5.67. The van der Waals surface area contributed by atoms with Crippen molar-refractivity contribution in [3.8, 4) is 0 Å². The molecular formula is C9H13Cl2N5O. The summed E-state index contributed by atoms with van der Waals surface area (Å²) in [6.45, 7) is 0.529. The minimum atomic E-state index is -0.341. The highest BCUT2D eigenvalue weighted by atomic mass is 35.5. The smallest absolute Gasteiger partial charge is 0.217 e. The van der Waals surface area contributed by atoms with E-state index < -0.39 is 0 Å². The standard InChI is InChI=1S/C9H13Cl2N5O/c10-5-4-6(11)9(16-13)15-8(5)14-3-1-2-7(12)17/h4H,1-3,13H2,(H2,12,17)(H2,14,15,16). The molecule has 0 aliphatic rings. The first kappa shape index (κ1) is 13.8. The van der Waals surface area contributed by atoms with Gasteiger partial charge in [0, 0.05) is 13.0 Å². The maximum absolute atomic E-state index is 10.5. The molecule has 0 spiro atoms. The molecule has 17 heavy (non-hydrogen) atoms. The Morgan fingerprint density at radius 2 is 2.00 bits per heavy atom. The molecule has 0 aromatic carbocycles. The number of carbonyl (C=O) groups excluding carboxylic acids is 1. The number of anilines is 2. The van der Waals surface area contributed by atoms with Crippen LogP contribution in [0.5, 0.6) is 0 Å². The van der Waals surface area contributed by atoms with Gasteiger partial charge in [0.1, 0.15) is 5.82 Å². The molecule has 94 valence electrons. The van der Waals surface area contributed by atoms with Crippen LogP contribution in [0.1, 0.15) is 12.8 Å². The fourth-order valence-electron chi connectivity index (χ4n) is 1.16. The number of primary amides is 1. The van der Waals surface area contributed by atoms with E-state index in [9.17, 15) is 4.79 Å². The number of carbonyl (C=O) groups is 1. The Labute approximate surface area is 109 Å². The quantitative estimate of drug-likeness (QED) is 0.357. The lowest BCUT2D eigenvalue weighted by Crippen LogP contribution is -2.14. The molecule has 1 heterocycles. The third kappa shape index (κ3) is 4.26. The first-order chi connectivity index (χ1) is 8.04. The van der Waals surface area contributed by atoms with Gasteiger partial charge in [0.15, 0.2) is 5.82 Å². The lowest BCUT2D eigenvalue weighted by Gasteiger charge is -2.10. The number of hydrogen-bond acceptors (Lipinski definition) is 5. The maximum Gasteiger partial charge on any atom is 0.217 e. The van der Waals surface area contributed by atoms with Crippen LogP contribution >= 0.6 is 23.2 Å². The Balaban J connectivity index is 2.61. The highest BCUT2D eigenvalue weighted by Crippen LogP contribution is 2.28. The molecule has 0 aliphatic heterocycles. The number of rotatable bonds is 6. The molecule has 1 rings (SSSR count). The number of nitrogens with zero attached hydrogens (tertiary/aromatic N) is 1. The SMILES string of the molecule is NNc1nc(NCCCC(N)=O)c(Cl)cc1Cl. The first-order valence-electron chi connectivity index (χ1n) is 4.89. The van der Waals surface area contributed by atoms with Gasteiger partial charge in [-0.15, -0.1) is 0 Å². The molecule has 0 radical (unpaired) electrons. The van der Waals surface area contributed by atoms with Crippen LogP contribution < -0.4 is 22.3 Å². The molecule has 0 aliphatic carbocycles. The molecule has 1 amide bonds. The summed E-state index contributed by atoms with van der Waals surface area (Å²) in [6, 6.07) is 1.53. The van der Waals surface area contributed by atoms with E-state index in [1.807, 2.05) is 0 Å². The largest absolute Gasteiger partial charge is 0.370 e. The average Bonchev–Trinajstić information content (AvgIpc) is 2.26. The summed E-state index contributed by atoms with van der Waals surface area (Å²) < 4.78 is 0. The first-order valence-corrected chi connectivity index (χ1v) is 5.65. The van der Waals surface area contributed by atoms with Crippen molar-refractivity contribution >= 4 is 40.7 Å². The summed E-state index contributed by atoms with van der Waals surface area (Å²) in [4.78, 5) is 14.6. The van der Waals surface area contributed by atoms with Gasteiger partial charge in [-0.3, -0.25) is 4.79 Å². The minimum Gasteiger partial charge on any atom is -0.370 e. The number of hydrogen-bond donors (Lipinski definition) is 4. The molecule has 1 aromatic heterocycles. The molecule has 0 saturated heterocycles. The molecule has 1 aromatic rings. The van der Waals surface area contributed by atoms with Gasteiger partial charge in [0.05, 0.1) is 10.0 Å². The van der Waals surface area contributed by atoms with Crippen LogP contribution in [-0.4, -0.2) is 17.4 Å². The Bertz CT molecular complexity index is 413. The van der Waals surface area contributed by atoms with E-state index in [1.165, 1.54) is 6.07 Å². The van der Waals surface area contributed by atoms with Gasteiger partial charge >= 0.3 is 0 Å². The molecule has 6 nitrogen and oxygen atoms in total. The predicted molar refractivity (Wildman–Crippen MR) is 69.0 cm³/mol. The van der Waals surface area contributed by atoms with Gasteiger partial charge in [-0.1, -0.05) is 23.2 Å². The number of nitrogens with one attached hydrogen (secondary N) is 2. The van der Waals surface area contributed by atoms with E-state index >= 15 is 0 Å². The van der Waals surface area contributed by atoms with Crippen molar-refractivity contribution in [1.29, 1.82) is 0 Å². The zero-order valence-corrected chi connectivity index (χ0v) is 10.5. The van der Waals surface area contributed by atoms with Crippen LogP contribution in [0.4, 0.5) is 11.6 Å². The number of nitrogens with two attached hydrogens (primary N) is 2. The lowest BCUT2D eigenvalue weighted by atomic mass is 10.3.